The number of hydrogen-bond acceptors (Lipinski definition) is 7. The maximum atomic E-state index is 13.4. The first kappa shape index (κ1) is 29.4. The molecule has 2 heterocycles. The third kappa shape index (κ3) is 6.66. The van der Waals surface area contributed by atoms with E-state index >= 15 is 0 Å². The molecule has 5 rings (SSSR count). The molecule has 8 heteroatoms. The zero-order valence-corrected chi connectivity index (χ0v) is 24.3. The highest BCUT2D eigenvalue weighted by atomic mass is 16.5. The molecule has 1 unspecified atom stereocenters. The van der Waals surface area contributed by atoms with Gasteiger partial charge in [-0.3, -0.25) is 14.5 Å². The van der Waals surface area contributed by atoms with Crippen LogP contribution in [0.4, 0.5) is 0 Å². The maximum Gasteiger partial charge on any atom is 0.295 e. The fourth-order valence-electron chi connectivity index (χ4n) is 5.30. The van der Waals surface area contributed by atoms with E-state index in [0.717, 1.165) is 36.2 Å². The van der Waals surface area contributed by atoms with Crippen molar-refractivity contribution in [2.75, 3.05) is 46.0 Å². The predicted octanol–water partition coefficient (Wildman–Crippen LogP) is 5.12. The van der Waals surface area contributed by atoms with Crippen LogP contribution in [-0.2, 0) is 20.9 Å². The third-order valence-electron chi connectivity index (χ3n) is 7.75. The Balaban J connectivity index is 1.41. The lowest BCUT2D eigenvalue weighted by Crippen LogP contribution is -2.42. The van der Waals surface area contributed by atoms with E-state index in [1.165, 1.54) is 0 Å². The molecule has 1 atom stereocenters. The number of carbonyl (C=O) groups is 2. The van der Waals surface area contributed by atoms with Crippen LogP contribution in [0.15, 0.2) is 78.4 Å². The molecule has 2 saturated heterocycles. The lowest BCUT2D eigenvalue weighted by molar-refractivity contribution is -0.140. The second-order valence-corrected chi connectivity index (χ2v) is 10.6. The summed E-state index contributed by atoms with van der Waals surface area (Å²) >= 11 is 0. The molecule has 0 spiro atoms. The van der Waals surface area contributed by atoms with E-state index in [4.69, 9.17) is 14.2 Å². The summed E-state index contributed by atoms with van der Waals surface area (Å²) in [4.78, 5) is 30.6. The van der Waals surface area contributed by atoms with Crippen molar-refractivity contribution in [1.29, 1.82) is 0 Å². The second kappa shape index (κ2) is 13.7. The highest BCUT2D eigenvalue weighted by Crippen LogP contribution is 2.40. The fraction of sp³-hybridized carbons (Fsp3) is 0.353. The van der Waals surface area contributed by atoms with Gasteiger partial charge in [-0.25, -0.2) is 0 Å². The summed E-state index contributed by atoms with van der Waals surface area (Å²) in [6, 6.07) is 21.7. The fourth-order valence-corrected chi connectivity index (χ4v) is 5.30. The Hall–Kier alpha value is -4.14. The van der Waals surface area contributed by atoms with Crippen molar-refractivity contribution >= 4 is 17.4 Å². The van der Waals surface area contributed by atoms with Crippen molar-refractivity contribution < 1.29 is 28.9 Å². The number of aliphatic hydroxyl groups is 1. The number of likely N-dealkylation sites (tertiary alicyclic amines) is 1. The number of aryl methyl sites for hydroxylation is 1. The number of aliphatic hydroxyl groups excluding tert-OH is 1. The van der Waals surface area contributed by atoms with Crippen molar-refractivity contribution in [3.63, 3.8) is 0 Å². The van der Waals surface area contributed by atoms with Gasteiger partial charge in [0.1, 0.15) is 23.9 Å². The second-order valence-electron chi connectivity index (χ2n) is 10.6. The van der Waals surface area contributed by atoms with Crippen molar-refractivity contribution in [3.8, 4) is 11.5 Å². The molecule has 0 radical (unpaired) electrons. The monoisotopic (exact) mass is 570 g/mol. The minimum absolute atomic E-state index is 0.0813. The Labute approximate surface area is 247 Å². The lowest BCUT2D eigenvalue weighted by atomic mass is 9.95. The average Bonchev–Trinajstić information content (AvgIpc) is 3.28. The van der Waals surface area contributed by atoms with E-state index in [9.17, 15) is 14.7 Å². The first-order valence-corrected chi connectivity index (χ1v) is 14.5. The summed E-state index contributed by atoms with van der Waals surface area (Å²) in [5, 5.41) is 11.5. The number of ether oxygens (including phenoxy) is 3. The Morgan fingerprint density at radius 1 is 0.905 bits per heavy atom. The molecule has 2 aliphatic heterocycles. The largest absolute Gasteiger partial charge is 0.507 e. The van der Waals surface area contributed by atoms with Gasteiger partial charge in [-0.05, 0) is 66.4 Å². The van der Waals surface area contributed by atoms with Crippen LogP contribution in [0.5, 0.6) is 11.5 Å². The van der Waals surface area contributed by atoms with Crippen molar-refractivity contribution in [3.05, 3.63) is 101 Å². The zero-order valence-electron chi connectivity index (χ0n) is 24.3. The SMILES string of the molecule is CCCOc1ccc(C2/C(=C(\O)c3ccc(OCc4ccccc4C)cc3)C(=O)C(=O)N2CCN2CCOCC2)cc1. The molecule has 0 aliphatic carbocycles. The summed E-state index contributed by atoms with van der Waals surface area (Å²) < 4.78 is 17.1. The number of rotatable bonds is 11. The minimum atomic E-state index is -0.719. The number of ketones is 1. The first-order chi connectivity index (χ1) is 20.5. The Morgan fingerprint density at radius 3 is 2.26 bits per heavy atom. The topological polar surface area (TPSA) is 88.5 Å². The lowest BCUT2D eigenvalue weighted by Gasteiger charge is -2.31. The van der Waals surface area contributed by atoms with Crippen LogP contribution >= 0.6 is 0 Å². The summed E-state index contributed by atoms with van der Waals surface area (Å²) in [7, 11) is 0. The van der Waals surface area contributed by atoms with E-state index in [-0.39, 0.29) is 11.3 Å². The van der Waals surface area contributed by atoms with Gasteiger partial charge in [0.05, 0.1) is 31.4 Å². The molecule has 3 aromatic carbocycles. The van der Waals surface area contributed by atoms with Crippen LogP contribution in [0.3, 0.4) is 0 Å². The van der Waals surface area contributed by atoms with Crippen molar-refractivity contribution in [1.82, 2.24) is 9.80 Å². The molecule has 0 saturated carbocycles. The quantitative estimate of drug-likeness (QED) is 0.195. The molecule has 2 aliphatic rings. The van der Waals surface area contributed by atoms with Crippen LogP contribution in [0.25, 0.3) is 5.76 Å². The van der Waals surface area contributed by atoms with Crippen LogP contribution in [0.2, 0.25) is 0 Å². The number of carbonyl (C=O) groups excluding carboxylic acids is 2. The first-order valence-electron chi connectivity index (χ1n) is 14.5. The smallest absolute Gasteiger partial charge is 0.295 e. The third-order valence-corrected chi connectivity index (χ3v) is 7.75. The molecule has 42 heavy (non-hydrogen) atoms. The molecule has 220 valence electrons. The predicted molar refractivity (Wildman–Crippen MR) is 160 cm³/mol. The molecule has 2 fully saturated rings. The van der Waals surface area contributed by atoms with Gasteiger partial charge < -0.3 is 24.2 Å². The van der Waals surface area contributed by atoms with Crippen LogP contribution in [0.1, 0.15) is 41.6 Å². The molecule has 8 nitrogen and oxygen atoms in total. The van der Waals surface area contributed by atoms with Crippen molar-refractivity contribution in [2.45, 2.75) is 32.9 Å². The Morgan fingerprint density at radius 2 is 1.57 bits per heavy atom. The van der Waals surface area contributed by atoms with E-state index in [1.54, 1.807) is 29.2 Å². The van der Waals surface area contributed by atoms with Crippen LogP contribution in [-0.4, -0.2) is 72.6 Å². The number of benzene rings is 3. The van der Waals surface area contributed by atoms with Gasteiger partial charge in [-0.1, -0.05) is 43.3 Å². The number of nitrogens with zero attached hydrogens (tertiary/aromatic N) is 2. The summed E-state index contributed by atoms with van der Waals surface area (Å²) in [5.74, 6) is -0.152. The molecule has 1 N–H and O–H groups in total. The summed E-state index contributed by atoms with van der Waals surface area (Å²) in [5.41, 5.74) is 3.50. The molecular formula is C34H38N2O6. The molecule has 0 aromatic heterocycles. The minimum Gasteiger partial charge on any atom is -0.507 e. The van der Waals surface area contributed by atoms with E-state index < -0.39 is 17.7 Å². The van der Waals surface area contributed by atoms with Gasteiger partial charge in [0.25, 0.3) is 11.7 Å². The molecule has 0 bridgehead atoms. The average molecular weight is 571 g/mol. The van der Waals surface area contributed by atoms with E-state index in [2.05, 4.69) is 4.90 Å². The van der Waals surface area contributed by atoms with Crippen LogP contribution in [0, 0.1) is 6.92 Å². The highest BCUT2D eigenvalue weighted by Gasteiger charge is 2.46. The number of Topliss-reactive ketones (excluding diaryl/α,β-unsaturated/α-hetero) is 1. The van der Waals surface area contributed by atoms with Crippen molar-refractivity contribution in [2.24, 2.45) is 0 Å². The van der Waals surface area contributed by atoms with Gasteiger partial charge in [0.15, 0.2) is 0 Å². The summed E-state index contributed by atoms with van der Waals surface area (Å²) in [6.07, 6.45) is 0.888. The normalized spacial score (nSPS) is 18.8. The zero-order chi connectivity index (χ0) is 29.5. The van der Waals surface area contributed by atoms with Crippen LogP contribution < -0.4 is 9.47 Å². The molecular weight excluding hydrogens is 532 g/mol. The number of morpholine rings is 1. The van der Waals surface area contributed by atoms with Gasteiger partial charge >= 0.3 is 0 Å². The highest BCUT2D eigenvalue weighted by molar-refractivity contribution is 6.46. The number of amides is 1. The number of hydrogen-bond donors (Lipinski definition) is 1. The summed E-state index contributed by atoms with van der Waals surface area (Å²) in [6.45, 7) is 8.90. The van der Waals surface area contributed by atoms with E-state index in [0.29, 0.717) is 56.6 Å². The molecule has 1 amide bonds. The van der Waals surface area contributed by atoms with E-state index in [1.807, 2.05) is 62.4 Å². The Bertz CT molecular complexity index is 1410. The van der Waals surface area contributed by atoms with Gasteiger partial charge in [-0.15, -0.1) is 0 Å². The van der Waals surface area contributed by atoms with Gasteiger partial charge in [0.2, 0.25) is 0 Å². The Kier molecular flexibility index (Phi) is 9.56. The van der Waals surface area contributed by atoms with Gasteiger partial charge in [0, 0.05) is 31.7 Å². The van der Waals surface area contributed by atoms with Gasteiger partial charge in [-0.2, -0.15) is 0 Å². The maximum absolute atomic E-state index is 13.4. The molecule has 3 aromatic rings. The standard InChI is InChI=1S/C34H38N2O6/c1-3-20-41-28-12-8-25(9-13-28)31-30(33(38)34(39)36(31)17-16-35-18-21-40-22-19-35)32(37)26-10-14-29(15-11-26)42-23-27-7-5-4-6-24(27)2/h4-15,31,37H,3,16-23H2,1-2H3/b32-30+.